The molecule has 7 rings (SSSR count). The second kappa shape index (κ2) is 11.2. The van der Waals surface area contributed by atoms with Gasteiger partial charge in [-0.1, -0.05) is 121 Å². The molecule has 6 heteroatoms. The summed E-state index contributed by atoms with van der Waals surface area (Å²) >= 11 is 1.45. The topological polar surface area (TPSA) is 84.1 Å². The van der Waals surface area contributed by atoms with Crippen LogP contribution in [0.3, 0.4) is 0 Å². The van der Waals surface area contributed by atoms with Crippen LogP contribution in [0.1, 0.15) is 22.3 Å². The maximum Gasteiger partial charge on any atom is 0.168 e. The molecule has 0 radical (unpaired) electrons. The lowest BCUT2D eigenvalue weighted by atomic mass is 9.79. The van der Waals surface area contributed by atoms with Crippen LogP contribution in [0.25, 0.3) is 39.1 Å². The van der Waals surface area contributed by atoms with Gasteiger partial charge in [-0.3, -0.25) is 10.8 Å². The molecular weight excluding hydrogens is 547 g/mol. The number of hydrogen-bond acceptors (Lipinski definition) is 4. The number of fused-ring (bicyclic) bond motifs is 1. The Morgan fingerprint density at radius 3 is 1.67 bits per heavy atom. The van der Waals surface area contributed by atoms with E-state index in [-0.39, 0.29) is 5.84 Å². The summed E-state index contributed by atoms with van der Waals surface area (Å²) in [6, 6.07) is 41.4. The third kappa shape index (κ3) is 4.86. The number of nitrogens with zero attached hydrogens (tertiary/aromatic N) is 1. The van der Waals surface area contributed by atoms with Gasteiger partial charge in [-0.2, -0.15) is 0 Å². The molecule has 5 aromatic carbocycles. The van der Waals surface area contributed by atoms with Gasteiger partial charge in [0.2, 0.25) is 0 Å². The second-order valence-electron chi connectivity index (χ2n) is 10.5. The molecule has 208 valence electrons. The zero-order chi connectivity index (χ0) is 29.3. The Labute approximate surface area is 255 Å². The maximum atomic E-state index is 9.28. The molecule has 0 saturated carbocycles. The Balaban J connectivity index is 1.45. The zero-order valence-corrected chi connectivity index (χ0v) is 24.4. The third-order valence-electron chi connectivity index (χ3n) is 7.83. The van der Waals surface area contributed by atoms with Crippen LogP contribution in [0, 0.1) is 17.7 Å². The Bertz CT molecular complexity index is 1930. The van der Waals surface area contributed by atoms with Gasteiger partial charge in [-0.15, -0.1) is 0 Å². The molecule has 5 aromatic rings. The van der Waals surface area contributed by atoms with Gasteiger partial charge < -0.3 is 10.6 Å². The van der Waals surface area contributed by atoms with Crippen LogP contribution >= 0.6 is 11.8 Å². The highest BCUT2D eigenvalue weighted by molar-refractivity contribution is 8.18. The van der Waals surface area contributed by atoms with Crippen LogP contribution in [-0.4, -0.2) is 16.8 Å². The van der Waals surface area contributed by atoms with Crippen molar-refractivity contribution in [3.05, 3.63) is 148 Å². The van der Waals surface area contributed by atoms with E-state index >= 15 is 0 Å². The van der Waals surface area contributed by atoms with E-state index in [1.54, 1.807) is 0 Å². The number of benzene rings is 5. The molecule has 0 spiro atoms. The highest BCUT2D eigenvalue weighted by atomic mass is 32.2. The predicted molar refractivity (Wildman–Crippen MR) is 180 cm³/mol. The van der Waals surface area contributed by atoms with E-state index in [2.05, 4.69) is 95.3 Å². The minimum absolute atomic E-state index is 0.192. The average molecular weight is 576 g/mol. The normalized spacial score (nSPS) is 15.7. The monoisotopic (exact) mass is 575 g/mol. The molecule has 0 atom stereocenters. The summed E-state index contributed by atoms with van der Waals surface area (Å²) < 4.78 is 0. The lowest BCUT2D eigenvalue weighted by Crippen LogP contribution is -2.18. The van der Waals surface area contributed by atoms with Gasteiger partial charge in [-0.05, 0) is 57.6 Å². The van der Waals surface area contributed by atoms with Gasteiger partial charge >= 0.3 is 0 Å². The van der Waals surface area contributed by atoms with Gasteiger partial charge in [-0.25, -0.2) is 4.99 Å². The van der Waals surface area contributed by atoms with Crippen molar-refractivity contribution in [1.82, 2.24) is 10.6 Å². The van der Waals surface area contributed by atoms with Gasteiger partial charge in [0.1, 0.15) is 5.84 Å². The summed E-state index contributed by atoms with van der Waals surface area (Å²) in [4.78, 5) is 5.28. The molecule has 2 aliphatic rings. The largest absolute Gasteiger partial charge is 0.360 e. The molecule has 0 saturated heterocycles. The molecule has 0 aromatic heterocycles. The Morgan fingerprint density at radius 1 is 0.628 bits per heavy atom. The molecular formula is C37H29N5S. The molecule has 0 amide bonds. The van der Waals surface area contributed by atoms with Gasteiger partial charge in [0.25, 0.3) is 0 Å². The van der Waals surface area contributed by atoms with Crippen molar-refractivity contribution in [2.24, 2.45) is 4.99 Å². The van der Waals surface area contributed by atoms with Crippen LogP contribution < -0.4 is 10.6 Å². The van der Waals surface area contributed by atoms with Gasteiger partial charge in [0.15, 0.2) is 11.0 Å². The molecule has 5 nitrogen and oxygen atoms in total. The Hall–Kier alpha value is -5.20. The molecule has 0 unspecified atom stereocenters. The fourth-order valence-electron chi connectivity index (χ4n) is 5.95. The highest BCUT2D eigenvalue weighted by Gasteiger charge is 2.36. The van der Waals surface area contributed by atoms with Gasteiger partial charge in [0, 0.05) is 23.2 Å². The summed E-state index contributed by atoms with van der Waals surface area (Å²) in [5, 5.41) is 25.6. The lowest BCUT2D eigenvalue weighted by molar-refractivity contribution is 0.930. The first-order valence-corrected chi connectivity index (χ1v) is 15.0. The first-order valence-electron chi connectivity index (χ1n) is 14.2. The molecule has 0 fully saturated rings. The zero-order valence-electron chi connectivity index (χ0n) is 23.6. The molecule has 0 bridgehead atoms. The van der Waals surface area contributed by atoms with Gasteiger partial charge in [0.05, 0.1) is 10.6 Å². The number of nitrogens with one attached hydrogen (secondary N) is 4. The van der Waals surface area contributed by atoms with E-state index < -0.39 is 0 Å². The summed E-state index contributed by atoms with van der Waals surface area (Å²) in [6.45, 7) is 2.76. The highest BCUT2D eigenvalue weighted by Crippen LogP contribution is 2.50. The van der Waals surface area contributed by atoms with Crippen LogP contribution in [0.4, 0.5) is 0 Å². The number of aliphatic imine (C=N–C) groups is 1. The van der Waals surface area contributed by atoms with Crippen molar-refractivity contribution in [3.63, 3.8) is 0 Å². The SMILES string of the molecule is Cc1c2c(c(-c3ccccc3)c(-c3ccccc3)c1-c1ccccc1)C(=N)N/C2=C1/SC(NCc2ccccc2)=NC1=N. The summed E-state index contributed by atoms with van der Waals surface area (Å²) in [5.41, 5.74) is 11.3. The maximum absolute atomic E-state index is 9.28. The third-order valence-corrected chi connectivity index (χ3v) is 8.86. The number of amidine groups is 3. The average Bonchev–Trinajstić information content (AvgIpc) is 3.60. The minimum atomic E-state index is 0.192. The van der Waals surface area contributed by atoms with Crippen LogP contribution in [0.5, 0.6) is 0 Å². The van der Waals surface area contributed by atoms with Crippen LogP contribution in [0.2, 0.25) is 0 Å². The second-order valence-corrected chi connectivity index (χ2v) is 11.5. The van der Waals surface area contributed by atoms with Crippen molar-refractivity contribution >= 4 is 34.3 Å². The smallest absolute Gasteiger partial charge is 0.168 e. The quantitative estimate of drug-likeness (QED) is 0.170. The fourth-order valence-corrected chi connectivity index (χ4v) is 6.82. The van der Waals surface area contributed by atoms with E-state index in [1.165, 1.54) is 11.8 Å². The first-order chi connectivity index (χ1) is 21.1. The molecule has 2 aliphatic heterocycles. The van der Waals surface area contributed by atoms with Crippen molar-refractivity contribution in [3.8, 4) is 33.4 Å². The summed E-state index contributed by atoms with van der Waals surface area (Å²) in [6.07, 6.45) is 0. The van der Waals surface area contributed by atoms with E-state index in [9.17, 15) is 5.41 Å². The van der Waals surface area contributed by atoms with Crippen molar-refractivity contribution < 1.29 is 0 Å². The van der Waals surface area contributed by atoms with Crippen LogP contribution in [-0.2, 0) is 6.54 Å². The lowest BCUT2D eigenvalue weighted by Gasteiger charge is -2.23. The Kier molecular flexibility index (Phi) is 6.97. The number of hydrogen-bond donors (Lipinski definition) is 4. The van der Waals surface area contributed by atoms with E-state index in [0.29, 0.717) is 22.5 Å². The van der Waals surface area contributed by atoms with E-state index in [0.717, 1.165) is 61.3 Å². The summed E-state index contributed by atoms with van der Waals surface area (Å²) in [5.74, 6) is 0.521. The Morgan fingerprint density at radius 2 is 1.12 bits per heavy atom. The molecule has 4 N–H and O–H groups in total. The van der Waals surface area contributed by atoms with Crippen LogP contribution in [0.15, 0.2) is 131 Å². The fraction of sp³-hybridized carbons (Fsp3) is 0.0541. The molecule has 0 aliphatic carbocycles. The molecule has 43 heavy (non-hydrogen) atoms. The predicted octanol–water partition coefficient (Wildman–Crippen LogP) is 8.46. The van der Waals surface area contributed by atoms with Crippen molar-refractivity contribution in [2.75, 3.05) is 0 Å². The number of rotatable bonds is 5. The first kappa shape index (κ1) is 26.7. The summed E-state index contributed by atoms with van der Waals surface area (Å²) in [7, 11) is 0. The minimum Gasteiger partial charge on any atom is -0.360 e. The standard InChI is InChI=1S/C37H29N5S/c1-23-28(25-16-8-3-9-17-25)30(26-18-10-4-11-19-26)31(27-20-12-5-13-21-27)32-29(23)33(41-35(32)38)34-36(39)42-37(43-34)40-22-24-14-6-2-7-15-24/h2-21H,22H2,1H3,(H2,38,41)(H2,39,40,42)/b34-33+. The van der Waals surface area contributed by atoms with Crippen molar-refractivity contribution in [2.45, 2.75) is 13.5 Å². The van der Waals surface area contributed by atoms with Crippen molar-refractivity contribution in [1.29, 1.82) is 10.8 Å². The van der Waals surface area contributed by atoms with E-state index in [4.69, 9.17) is 5.41 Å². The van der Waals surface area contributed by atoms with E-state index in [1.807, 2.05) is 48.5 Å². The molecule has 2 heterocycles. The number of thioether (sulfide) groups is 1.